The van der Waals surface area contributed by atoms with E-state index >= 15 is 0 Å². The predicted octanol–water partition coefficient (Wildman–Crippen LogP) is 5.64. The first-order chi connectivity index (χ1) is 15.6. The normalized spacial score (nSPS) is 20.4. The summed E-state index contributed by atoms with van der Waals surface area (Å²) in [6.07, 6.45) is -4.53. The second-order valence-corrected chi connectivity index (χ2v) is 8.34. The van der Waals surface area contributed by atoms with E-state index in [1.807, 2.05) is 6.07 Å². The van der Waals surface area contributed by atoms with E-state index in [0.717, 1.165) is 22.4 Å². The van der Waals surface area contributed by atoms with Gasteiger partial charge in [0.2, 0.25) is 5.95 Å². The molecule has 1 aliphatic heterocycles. The van der Waals surface area contributed by atoms with Crippen molar-refractivity contribution in [3.8, 4) is 0 Å². The fourth-order valence-corrected chi connectivity index (χ4v) is 4.57. The zero-order chi connectivity index (χ0) is 23.5. The fourth-order valence-electron chi connectivity index (χ4n) is 4.37. The molecule has 33 heavy (non-hydrogen) atoms. The van der Waals surface area contributed by atoms with Gasteiger partial charge in [-0.1, -0.05) is 23.7 Å². The number of aromatic nitrogens is 3. The van der Waals surface area contributed by atoms with Crippen LogP contribution in [0.15, 0.2) is 53.7 Å². The van der Waals surface area contributed by atoms with Crippen molar-refractivity contribution in [1.82, 2.24) is 14.8 Å². The van der Waals surface area contributed by atoms with E-state index in [1.54, 1.807) is 18.2 Å². The largest absolute Gasteiger partial charge is 0.453 e. The number of fused-ring (bicyclic) bond motifs is 1. The lowest BCUT2D eigenvalue weighted by Gasteiger charge is -2.35. The molecule has 0 bridgehead atoms. The third-order valence-corrected chi connectivity index (χ3v) is 5.93. The molecule has 1 N–H and O–H groups in total. The number of nitrogens with one attached hydrogen (secondary N) is 1. The second-order valence-electron chi connectivity index (χ2n) is 7.91. The Balaban J connectivity index is 1.65. The lowest BCUT2D eigenvalue weighted by atomic mass is 9.78. The predicted molar refractivity (Wildman–Crippen MR) is 109 cm³/mol. The third-order valence-electron chi connectivity index (χ3n) is 5.69. The fraction of sp³-hybridized carbons (Fsp3) is 0.227. The number of anilines is 1. The highest BCUT2D eigenvalue weighted by atomic mass is 35.5. The number of halogens is 6. The molecule has 11 heteroatoms. The SMILES string of the molecule is O=C1C[C@@H](c2cccc(Cl)c2)CC2=C1[C@H](c1cc(F)cc(F)c1)n1nc(C(F)(F)F)nc1N2. The highest BCUT2D eigenvalue weighted by Gasteiger charge is 2.43. The van der Waals surface area contributed by atoms with E-state index < -0.39 is 29.7 Å². The first-order valence-electron chi connectivity index (χ1n) is 9.88. The average Bonchev–Trinajstić information content (AvgIpc) is 3.15. The summed E-state index contributed by atoms with van der Waals surface area (Å²) >= 11 is 6.07. The molecular weight excluding hydrogens is 467 g/mol. The van der Waals surface area contributed by atoms with Gasteiger partial charge in [0.15, 0.2) is 5.78 Å². The van der Waals surface area contributed by atoms with Crippen LogP contribution in [0.5, 0.6) is 0 Å². The number of ketones is 1. The molecule has 0 spiro atoms. The van der Waals surface area contributed by atoms with Crippen molar-refractivity contribution >= 4 is 23.3 Å². The molecule has 0 unspecified atom stereocenters. The molecule has 1 aliphatic carbocycles. The molecule has 0 fully saturated rings. The minimum atomic E-state index is -4.85. The Morgan fingerprint density at radius 2 is 1.76 bits per heavy atom. The molecule has 2 heterocycles. The van der Waals surface area contributed by atoms with Gasteiger partial charge in [-0.25, -0.2) is 13.5 Å². The van der Waals surface area contributed by atoms with Gasteiger partial charge in [0.25, 0.3) is 5.82 Å². The van der Waals surface area contributed by atoms with Crippen LogP contribution in [-0.4, -0.2) is 20.5 Å². The van der Waals surface area contributed by atoms with Gasteiger partial charge in [-0.3, -0.25) is 4.79 Å². The number of hydrogen-bond donors (Lipinski definition) is 1. The molecule has 0 amide bonds. The Morgan fingerprint density at radius 3 is 2.42 bits per heavy atom. The summed E-state index contributed by atoms with van der Waals surface area (Å²) in [5.74, 6) is -4.21. The number of Topliss-reactive ketones (excluding diaryl/α,β-unsaturated/α-hetero) is 1. The van der Waals surface area contributed by atoms with Gasteiger partial charge in [0, 0.05) is 28.8 Å². The third kappa shape index (κ3) is 3.88. The smallest absolute Gasteiger partial charge is 0.328 e. The van der Waals surface area contributed by atoms with Crippen LogP contribution in [0, 0.1) is 11.6 Å². The van der Waals surface area contributed by atoms with E-state index in [2.05, 4.69) is 15.4 Å². The van der Waals surface area contributed by atoms with Crippen LogP contribution in [0.2, 0.25) is 5.02 Å². The minimum absolute atomic E-state index is 0.0454. The highest BCUT2D eigenvalue weighted by Crippen LogP contribution is 2.45. The monoisotopic (exact) mass is 480 g/mol. The number of nitrogens with zero attached hydrogens (tertiary/aromatic N) is 3. The van der Waals surface area contributed by atoms with E-state index in [-0.39, 0.29) is 41.6 Å². The Bertz CT molecular complexity index is 1300. The van der Waals surface area contributed by atoms with Crippen LogP contribution < -0.4 is 5.32 Å². The first kappa shape index (κ1) is 21.6. The summed E-state index contributed by atoms with van der Waals surface area (Å²) in [4.78, 5) is 16.8. The molecule has 0 saturated heterocycles. The molecule has 1 aromatic heterocycles. The zero-order valence-electron chi connectivity index (χ0n) is 16.6. The average molecular weight is 481 g/mol. The van der Waals surface area contributed by atoms with E-state index in [0.29, 0.717) is 16.8 Å². The van der Waals surface area contributed by atoms with Crippen LogP contribution in [0.25, 0.3) is 0 Å². The summed E-state index contributed by atoms with van der Waals surface area (Å²) in [5.41, 5.74) is 1.18. The van der Waals surface area contributed by atoms with Crippen LogP contribution in [0.3, 0.4) is 0 Å². The van der Waals surface area contributed by atoms with E-state index in [1.165, 1.54) is 0 Å². The van der Waals surface area contributed by atoms with Crippen LogP contribution in [0.1, 0.15) is 41.8 Å². The lowest BCUT2D eigenvalue weighted by molar-refractivity contribution is -0.145. The Morgan fingerprint density at radius 1 is 1.03 bits per heavy atom. The summed E-state index contributed by atoms with van der Waals surface area (Å²) < 4.78 is 68.8. The lowest BCUT2D eigenvalue weighted by Crippen LogP contribution is -2.33. The van der Waals surface area contributed by atoms with Crippen molar-refractivity contribution in [3.05, 3.63) is 87.3 Å². The molecule has 5 nitrogen and oxygen atoms in total. The number of benzene rings is 2. The summed E-state index contributed by atoms with van der Waals surface area (Å²) in [6, 6.07) is 8.27. The van der Waals surface area contributed by atoms with Crippen molar-refractivity contribution < 1.29 is 26.7 Å². The molecule has 5 rings (SSSR count). The van der Waals surface area contributed by atoms with Crippen LogP contribution in [-0.2, 0) is 11.0 Å². The molecule has 170 valence electrons. The number of carbonyl (C=O) groups excluding carboxylic acids is 1. The maximum absolute atomic E-state index is 14.0. The van der Waals surface area contributed by atoms with Crippen molar-refractivity contribution in [1.29, 1.82) is 0 Å². The summed E-state index contributed by atoms with van der Waals surface area (Å²) in [7, 11) is 0. The highest BCUT2D eigenvalue weighted by molar-refractivity contribution is 6.30. The number of hydrogen-bond acceptors (Lipinski definition) is 4. The number of rotatable bonds is 2. The van der Waals surface area contributed by atoms with Gasteiger partial charge in [-0.15, -0.1) is 5.10 Å². The molecule has 0 radical (unpaired) electrons. The molecule has 2 aromatic carbocycles. The zero-order valence-corrected chi connectivity index (χ0v) is 17.4. The molecule has 0 saturated carbocycles. The number of carbonyl (C=O) groups is 1. The number of alkyl halides is 3. The maximum atomic E-state index is 14.0. The van der Waals surface area contributed by atoms with Gasteiger partial charge in [0.05, 0.1) is 0 Å². The van der Waals surface area contributed by atoms with Crippen LogP contribution in [0.4, 0.5) is 27.9 Å². The topological polar surface area (TPSA) is 59.8 Å². The Kier molecular flexibility index (Phi) is 5.00. The van der Waals surface area contributed by atoms with Gasteiger partial charge in [-0.2, -0.15) is 18.2 Å². The molecule has 3 aromatic rings. The van der Waals surface area contributed by atoms with Gasteiger partial charge in [-0.05, 0) is 47.7 Å². The second kappa shape index (κ2) is 7.65. The Labute approximate surface area is 188 Å². The van der Waals surface area contributed by atoms with Gasteiger partial charge < -0.3 is 5.32 Å². The number of allylic oxidation sites excluding steroid dienone is 2. The summed E-state index contributed by atoms with van der Waals surface area (Å²) in [5, 5.41) is 6.80. The van der Waals surface area contributed by atoms with Crippen LogP contribution >= 0.6 is 11.6 Å². The van der Waals surface area contributed by atoms with E-state index in [9.17, 15) is 26.7 Å². The quantitative estimate of drug-likeness (QED) is 0.482. The molecule has 2 aliphatic rings. The maximum Gasteiger partial charge on any atom is 0.453 e. The van der Waals surface area contributed by atoms with Gasteiger partial charge >= 0.3 is 6.18 Å². The van der Waals surface area contributed by atoms with Crippen molar-refractivity contribution in [3.63, 3.8) is 0 Å². The summed E-state index contributed by atoms with van der Waals surface area (Å²) in [6.45, 7) is 0. The standard InChI is InChI=1S/C22H14ClF5N4O/c23-13-3-1-2-10(4-13)11-7-16-18(17(33)8-11)19(12-5-14(24)9-15(25)6-12)32-21(29-16)30-20(31-32)22(26,27)28/h1-6,9,11,19H,7-8H2,(H,29,30,31)/t11-,19-/m0/s1. The van der Waals surface area contributed by atoms with Gasteiger partial charge in [0.1, 0.15) is 17.7 Å². The first-order valence-corrected chi connectivity index (χ1v) is 10.3. The Hall–Kier alpha value is -3.27. The van der Waals surface area contributed by atoms with Crippen molar-refractivity contribution in [2.75, 3.05) is 5.32 Å². The minimum Gasteiger partial charge on any atom is -0.328 e. The van der Waals surface area contributed by atoms with E-state index in [4.69, 9.17) is 11.6 Å². The van der Waals surface area contributed by atoms with Crippen molar-refractivity contribution in [2.45, 2.75) is 31.0 Å². The van der Waals surface area contributed by atoms with Crippen molar-refractivity contribution in [2.24, 2.45) is 0 Å². The molecular formula is C22H14ClF5N4O. The molecule has 2 atom stereocenters.